The van der Waals surface area contributed by atoms with Gasteiger partial charge in [-0.15, -0.1) is 0 Å². The van der Waals surface area contributed by atoms with Crippen LogP contribution in [0.3, 0.4) is 0 Å². The molecular weight excluding hydrogens is 628 g/mol. The Labute approximate surface area is 279 Å². The van der Waals surface area contributed by atoms with Crippen LogP contribution in [0, 0.1) is 12.8 Å². The molecule has 2 aliphatic heterocycles. The molecule has 0 bridgehead atoms. The third-order valence-electron chi connectivity index (χ3n) is 9.11. The van der Waals surface area contributed by atoms with Crippen molar-refractivity contribution in [3.8, 4) is 5.88 Å². The van der Waals surface area contributed by atoms with Gasteiger partial charge in [-0.25, -0.2) is 23.5 Å². The topological polar surface area (TPSA) is 152 Å². The standard InChI is InChI=1S/C34H47F2N5O7/c1-6-46-30(44)34-18-21(34)17-33(35,36)15-11-7-8-14-25(39-31(45)48-32(3,4)5)29(43)41-19-22(16-26(41)27(42)40-34)47-28-20(2)37-23-12-9-10-13-24(23)38-28/h9-10,12-13,21-22,25-26,31,39,45H,6-8,11,14-19H2,1-5H3,(H,40,42)/t21-,22-,25+,26+,31?,34-/m1/s1. The minimum absolute atomic E-state index is 0.00677. The summed E-state index contributed by atoms with van der Waals surface area (Å²) in [5, 5.41) is 16.3. The van der Waals surface area contributed by atoms with Crippen LogP contribution in [-0.2, 0) is 23.9 Å². The first-order valence-corrected chi connectivity index (χ1v) is 16.8. The van der Waals surface area contributed by atoms with Crippen molar-refractivity contribution in [1.29, 1.82) is 0 Å². The number of hydrogen-bond donors (Lipinski definition) is 3. The van der Waals surface area contributed by atoms with Gasteiger partial charge in [0, 0.05) is 25.2 Å². The minimum atomic E-state index is -3.05. The molecule has 1 saturated carbocycles. The fourth-order valence-electron chi connectivity index (χ4n) is 6.70. The maximum absolute atomic E-state index is 15.1. The van der Waals surface area contributed by atoms with Gasteiger partial charge in [0.05, 0.1) is 35.8 Å². The van der Waals surface area contributed by atoms with Crippen LogP contribution in [0.25, 0.3) is 11.0 Å². The van der Waals surface area contributed by atoms with E-state index in [1.54, 1.807) is 40.7 Å². The summed E-state index contributed by atoms with van der Waals surface area (Å²) in [4.78, 5) is 52.1. The van der Waals surface area contributed by atoms with Gasteiger partial charge in [0.15, 0.2) is 0 Å². The highest BCUT2D eigenvalue weighted by molar-refractivity contribution is 5.96. The second-order valence-electron chi connectivity index (χ2n) is 14.1. The number of alkyl halides is 2. The first-order valence-electron chi connectivity index (χ1n) is 16.8. The van der Waals surface area contributed by atoms with Crippen LogP contribution in [-0.4, -0.2) is 92.6 Å². The molecule has 12 nitrogen and oxygen atoms in total. The zero-order valence-corrected chi connectivity index (χ0v) is 28.3. The Morgan fingerprint density at radius 2 is 1.85 bits per heavy atom. The lowest BCUT2D eigenvalue weighted by Gasteiger charge is -2.32. The van der Waals surface area contributed by atoms with Gasteiger partial charge in [0.1, 0.15) is 23.4 Å². The van der Waals surface area contributed by atoms with E-state index in [4.69, 9.17) is 14.2 Å². The Bertz CT molecular complexity index is 1500. The normalized spacial score (nSPS) is 28.8. The highest BCUT2D eigenvalue weighted by atomic mass is 19.3. The first-order chi connectivity index (χ1) is 22.6. The van der Waals surface area contributed by atoms with Crippen molar-refractivity contribution in [3.05, 3.63) is 30.0 Å². The Morgan fingerprint density at radius 1 is 1.15 bits per heavy atom. The van der Waals surface area contributed by atoms with Crippen LogP contribution < -0.4 is 15.4 Å². The summed E-state index contributed by atoms with van der Waals surface area (Å²) in [7, 11) is 0. The summed E-state index contributed by atoms with van der Waals surface area (Å²) < 4.78 is 47.3. The van der Waals surface area contributed by atoms with Crippen molar-refractivity contribution in [1.82, 2.24) is 25.5 Å². The number of halogens is 2. The van der Waals surface area contributed by atoms with Crippen LogP contribution >= 0.6 is 0 Å². The summed E-state index contributed by atoms with van der Waals surface area (Å²) in [6.07, 6.45) is -1.86. The smallest absolute Gasteiger partial charge is 0.332 e. The molecule has 1 unspecified atom stereocenters. The average molecular weight is 676 g/mol. The van der Waals surface area contributed by atoms with E-state index >= 15 is 8.78 Å². The molecular formula is C34H47F2N5O7. The molecule has 1 aliphatic carbocycles. The van der Waals surface area contributed by atoms with Crippen molar-refractivity contribution in [2.24, 2.45) is 5.92 Å². The third-order valence-corrected chi connectivity index (χ3v) is 9.11. The Balaban J connectivity index is 1.46. The number of carbonyl (C=O) groups excluding carboxylic acids is 3. The molecule has 3 fully saturated rings. The molecule has 0 spiro atoms. The zero-order valence-electron chi connectivity index (χ0n) is 28.3. The Kier molecular flexibility index (Phi) is 10.6. The molecule has 3 aliphatic rings. The molecule has 5 rings (SSSR count). The predicted octanol–water partition coefficient (Wildman–Crippen LogP) is 3.76. The maximum Gasteiger partial charge on any atom is 0.332 e. The molecule has 1 aromatic carbocycles. The molecule has 3 heterocycles. The van der Waals surface area contributed by atoms with Crippen molar-refractivity contribution in [2.75, 3.05) is 13.2 Å². The van der Waals surface area contributed by atoms with Crippen LogP contribution in [0.2, 0.25) is 0 Å². The summed E-state index contributed by atoms with van der Waals surface area (Å²) in [5.41, 5.74) is -0.519. The molecule has 14 heteroatoms. The van der Waals surface area contributed by atoms with Crippen molar-refractivity contribution >= 4 is 28.8 Å². The number of hydrogen-bond acceptors (Lipinski definition) is 10. The quantitative estimate of drug-likeness (QED) is 0.292. The highest BCUT2D eigenvalue weighted by Gasteiger charge is 2.65. The Morgan fingerprint density at radius 3 is 2.54 bits per heavy atom. The number of rotatable bonds is 7. The second-order valence-corrected chi connectivity index (χ2v) is 14.1. The first kappa shape index (κ1) is 35.8. The number of amides is 2. The van der Waals surface area contributed by atoms with E-state index in [1.165, 1.54) is 4.90 Å². The van der Waals surface area contributed by atoms with Gasteiger partial charge < -0.3 is 29.5 Å². The predicted molar refractivity (Wildman–Crippen MR) is 171 cm³/mol. The number of fused-ring (bicyclic) bond motifs is 3. The number of nitrogens with one attached hydrogen (secondary N) is 2. The minimum Gasteiger partial charge on any atom is -0.471 e. The number of esters is 1. The van der Waals surface area contributed by atoms with E-state index in [0.717, 1.165) is 0 Å². The zero-order chi connectivity index (χ0) is 34.9. The van der Waals surface area contributed by atoms with E-state index in [0.29, 0.717) is 29.6 Å². The van der Waals surface area contributed by atoms with Crippen molar-refractivity contribution < 1.29 is 42.5 Å². The summed E-state index contributed by atoms with van der Waals surface area (Å²) in [6, 6.07) is 5.20. The van der Waals surface area contributed by atoms with Gasteiger partial charge in [0.2, 0.25) is 30.0 Å². The number of aryl methyl sites for hydroxylation is 1. The maximum atomic E-state index is 15.1. The molecule has 6 atom stereocenters. The highest BCUT2D eigenvalue weighted by Crippen LogP contribution is 2.51. The number of carbonyl (C=O) groups is 3. The van der Waals surface area contributed by atoms with Gasteiger partial charge in [0.25, 0.3) is 0 Å². The van der Waals surface area contributed by atoms with Gasteiger partial charge in [-0.2, -0.15) is 0 Å². The molecule has 2 saturated heterocycles. The van der Waals surface area contributed by atoms with E-state index in [-0.39, 0.29) is 51.1 Å². The monoisotopic (exact) mass is 675 g/mol. The van der Waals surface area contributed by atoms with Gasteiger partial charge in [-0.3, -0.25) is 14.9 Å². The molecule has 2 amide bonds. The lowest BCUT2D eigenvalue weighted by Crippen LogP contribution is -2.57. The van der Waals surface area contributed by atoms with Crippen LogP contribution in [0.5, 0.6) is 5.88 Å². The second kappa shape index (κ2) is 14.2. The molecule has 3 N–H and O–H groups in total. The summed E-state index contributed by atoms with van der Waals surface area (Å²) in [5.74, 6) is -5.54. The average Bonchev–Trinajstić information content (AvgIpc) is 3.49. The fourth-order valence-corrected chi connectivity index (χ4v) is 6.70. The van der Waals surface area contributed by atoms with E-state index < -0.39 is 71.8 Å². The van der Waals surface area contributed by atoms with Gasteiger partial charge in [-0.05, 0) is 66.0 Å². The fraction of sp³-hybridized carbons (Fsp3) is 0.676. The van der Waals surface area contributed by atoms with E-state index in [2.05, 4.69) is 20.6 Å². The molecule has 2 aromatic rings. The van der Waals surface area contributed by atoms with Crippen molar-refractivity contribution in [2.45, 2.75) is 128 Å². The van der Waals surface area contributed by atoms with E-state index in [9.17, 15) is 19.5 Å². The van der Waals surface area contributed by atoms with Gasteiger partial charge in [-0.1, -0.05) is 25.0 Å². The molecule has 264 valence electrons. The number of ether oxygens (including phenoxy) is 3. The summed E-state index contributed by atoms with van der Waals surface area (Å²) >= 11 is 0. The van der Waals surface area contributed by atoms with E-state index in [1.807, 2.05) is 18.2 Å². The lowest BCUT2D eigenvalue weighted by atomic mass is 10.00. The number of benzene rings is 1. The number of para-hydroxylation sites is 2. The largest absolute Gasteiger partial charge is 0.471 e. The Hall–Kier alpha value is -3.49. The molecule has 1 aromatic heterocycles. The SMILES string of the molecule is CCOC(=O)[C@@]12C[C@H]1CC(F)(F)CCCCC[C@H](NC(O)OC(C)(C)C)C(=O)N1C[C@H](Oc3nc4ccccc4nc3C)C[C@H]1C(=O)N2. The summed E-state index contributed by atoms with van der Waals surface area (Å²) in [6.45, 7) is 8.62. The number of aliphatic hydroxyl groups excluding tert-OH is 1. The van der Waals surface area contributed by atoms with Crippen LogP contribution in [0.1, 0.15) is 84.8 Å². The third kappa shape index (κ3) is 8.38. The number of aliphatic hydroxyl groups is 1. The van der Waals surface area contributed by atoms with Crippen LogP contribution in [0.4, 0.5) is 8.78 Å². The number of nitrogens with zero attached hydrogens (tertiary/aromatic N) is 3. The van der Waals surface area contributed by atoms with Gasteiger partial charge >= 0.3 is 5.97 Å². The molecule has 0 radical (unpaired) electrons. The number of aromatic nitrogens is 2. The van der Waals surface area contributed by atoms with Crippen LogP contribution in [0.15, 0.2) is 24.3 Å². The van der Waals surface area contributed by atoms with Crippen molar-refractivity contribution in [3.63, 3.8) is 0 Å². The lowest BCUT2D eigenvalue weighted by molar-refractivity contribution is -0.188. The molecule has 48 heavy (non-hydrogen) atoms.